The molecule has 1 atom stereocenters. The van der Waals surface area contributed by atoms with E-state index in [1.807, 2.05) is 0 Å². The third-order valence-electron chi connectivity index (χ3n) is 3.30. The highest BCUT2D eigenvalue weighted by molar-refractivity contribution is 9.11. The Morgan fingerprint density at radius 3 is 2.60 bits per heavy atom. The highest BCUT2D eigenvalue weighted by atomic mass is 79.9. The van der Waals surface area contributed by atoms with E-state index in [1.54, 1.807) is 12.1 Å². The predicted octanol–water partition coefficient (Wildman–Crippen LogP) is 2.90. The highest BCUT2D eigenvalue weighted by Crippen LogP contribution is 2.29. The first-order chi connectivity index (χ1) is 9.32. The second-order valence-corrected chi connectivity index (χ2v) is 8.96. The number of nitrogens with one attached hydrogen (secondary N) is 1. The molecule has 1 unspecified atom stereocenters. The van der Waals surface area contributed by atoms with E-state index in [9.17, 15) is 13.2 Å². The monoisotopic (exact) mass is 423 g/mol. The van der Waals surface area contributed by atoms with E-state index < -0.39 is 21.0 Å². The summed E-state index contributed by atoms with van der Waals surface area (Å²) < 4.78 is 26.1. The minimum absolute atomic E-state index is 0.134. The molecule has 1 amide bonds. The number of carbonyl (C=O) groups is 1. The second-order valence-electron chi connectivity index (χ2n) is 4.95. The molecule has 20 heavy (non-hydrogen) atoms. The van der Waals surface area contributed by atoms with E-state index in [-0.39, 0.29) is 4.90 Å². The van der Waals surface area contributed by atoms with Gasteiger partial charge in [-0.2, -0.15) is 0 Å². The maximum absolute atomic E-state index is 12.5. The van der Waals surface area contributed by atoms with Crippen molar-refractivity contribution in [3.63, 3.8) is 0 Å². The zero-order valence-electron chi connectivity index (χ0n) is 10.9. The smallest absolute Gasteiger partial charge is 0.238 e. The summed E-state index contributed by atoms with van der Waals surface area (Å²) in [5, 5.41) is 1.61. The SMILES string of the molecule is CC(C(=O)NCC1CC1)S(=O)(=O)c1ccc(Br)cc1Br. The van der Waals surface area contributed by atoms with Crippen molar-refractivity contribution >= 4 is 47.6 Å². The topological polar surface area (TPSA) is 63.2 Å². The van der Waals surface area contributed by atoms with E-state index in [4.69, 9.17) is 0 Å². The van der Waals surface area contributed by atoms with Crippen molar-refractivity contribution in [2.75, 3.05) is 6.54 Å². The van der Waals surface area contributed by atoms with Gasteiger partial charge < -0.3 is 5.32 Å². The summed E-state index contributed by atoms with van der Waals surface area (Å²) in [7, 11) is -3.69. The van der Waals surface area contributed by atoms with Gasteiger partial charge >= 0.3 is 0 Å². The van der Waals surface area contributed by atoms with Crippen LogP contribution < -0.4 is 5.32 Å². The van der Waals surface area contributed by atoms with Gasteiger partial charge in [0, 0.05) is 15.5 Å². The second kappa shape index (κ2) is 6.15. The average molecular weight is 425 g/mol. The van der Waals surface area contributed by atoms with Crippen LogP contribution in [0.3, 0.4) is 0 Å². The van der Waals surface area contributed by atoms with Crippen LogP contribution in [0.2, 0.25) is 0 Å². The van der Waals surface area contributed by atoms with Gasteiger partial charge in [0.1, 0.15) is 5.25 Å². The number of hydrogen-bond acceptors (Lipinski definition) is 3. The van der Waals surface area contributed by atoms with E-state index in [2.05, 4.69) is 37.2 Å². The number of amides is 1. The van der Waals surface area contributed by atoms with Gasteiger partial charge in [0.05, 0.1) is 4.90 Å². The van der Waals surface area contributed by atoms with Gasteiger partial charge in [0.25, 0.3) is 0 Å². The molecule has 1 fully saturated rings. The van der Waals surface area contributed by atoms with Gasteiger partial charge in [-0.1, -0.05) is 15.9 Å². The molecule has 110 valence electrons. The first-order valence-corrected chi connectivity index (χ1v) is 9.42. The number of carbonyl (C=O) groups excluding carboxylic acids is 1. The number of halogens is 2. The fourth-order valence-corrected chi connectivity index (χ4v) is 4.81. The van der Waals surface area contributed by atoms with Crippen molar-refractivity contribution in [2.45, 2.75) is 29.9 Å². The van der Waals surface area contributed by atoms with Crippen molar-refractivity contribution in [3.05, 3.63) is 27.1 Å². The summed E-state index contributed by atoms with van der Waals surface area (Å²) >= 11 is 6.50. The Labute approximate surface area is 135 Å². The summed E-state index contributed by atoms with van der Waals surface area (Å²) in [5.74, 6) is 0.0833. The Kier molecular flexibility index (Phi) is 4.92. The lowest BCUT2D eigenvalue weighted by Gasteiger charge is -2.14. The summed E-state index contributed by atoms with van der Waals surface area (Å²) in [6.45, 7) is 1.99. The van der Waals surface area contributed by atoms with Crippen LogP contribution in [0, 0.1) is 5.92 Å². The van der Waals surface area contributed by atoms with E-state index in [0.29, 0.717) is 16.9 Å². The zero-order chi connectivity index (χ0) is 14.9. The minimum atomic E-state index is -3.69. The van der Waals surface area contributed by atoms with Gasteiger partial charge in [-0.3, -0.25) is 4.79 Å². The molecule has 0 radical (unpaired) electrons. The fraction of sp³-hybridized carbons (Fsp3) is 0.462. The maximum Gasteiger partial charge on any atom is 0.238 e. The Morgan fingerprint density at radius 2 is 2.05 bits per heavy atom. The summed E-state index contributed by atoms with van der Waals surface area (Å²) in [5.41, 5.74) is 0. The molecule has 1 N–H and O–H groups in total. The molecule has 0 bridgehead atoms. The van der Waals surface area contributed by atoms with E-state index in [1.165, 1.54) is 13.0 Å². The molecule has 1 aromatic rings. The molecule has 1 aliphatic carbocycles. The summed E-state index contributed by atoms with van der Waals surface area (Å²) in [4.78, 5) is 12.1. The predicted molar refractivity (Wildman–Crippen MR) is 84.2 cm³/mol. The molecular formula is C13H15Br2NO3S. The summed E-state index contributed by atoms with van der Waals surface area (Å²) in [6.07, 6.45) is 2.22. The van der Waals surface area contributed by atoms with Crippen LogP contribution in [0.4, 0.5) is 0 Å². The largest absolute Gasteiger partial charge is 0.355 e. The van der Waals surface area contributed by atoms with Crippen molar-refractivity contribution in [1.82, 2.24) is 5.32 Å². The minimum Gasteiger partial charge on any atom is -0.355 e. The molecule has 1 aromatic carbocycles. The number of rotatable bonds is 5. The third-order valence-corrected chi connectivity index (χ3v) is 6.82. The van der Waals surface area contributed by atoms with Crippen LogP contribution in [0.15, 0.2) is 32.0 Å². The normalized spacial score (nSPS) is 16.8. The molecule has 1 saturated carbocycles. The summed E-state index contributed by atoms with van der Waals surface area (Å²) in [6, 6.07) is 4.79. The molecule has 0 saturated heterocycles. The van der Waals surface area contributed by atoms with Crippen molar-refractivity contribution in [3.8, 4) is 0 Å². The lowest BCUT2D eigenvalue weighted by molar-refractivity contribution is -0.120. The Morgan fingerprint density at radius 1 is 1.40 bits per heavy atom. The Bertz CT molecular complexity index is 627. The van der Waals surface area contributed by atoms with Gasteiger partial charge in [-0.05, 0) is 59.8 Å². The number of hydrogen-bond donors (Lipinski definition) is 1. The van der Waals surface area contributed by atoms with Crippen LogP contribution in [0.25, 0.3) is 0 Å². The van der Waals surface area contributed by atoms with Crippen LogP contribution >= 0.6 is 31.9 Å². The van der Waals surface area contributed by atoms with Crippen LogP contribution in [-0.2, 0) is 14.6 Å². The van der Waals surface area contributed by atoms with E-state index in [0.717, 1.165) is 17.3 Å². The Hall–Kier alpha value is -0.400. The molecule has 0 spiro atoms. The molecule has 4 nitrogen and oxygen atoms in total. The van der Waals surface area contributed by atoms with Crippen molar-refractivity contribution < 1.29 is 13.2 Å². The zero-order valence-corrected chi connectivity index (χ0v) is 14.9. The average Bonchev–Trinajstić information content (AvgIpc) is 3.18. The maximum atomic E-state index is 12.5. The molecule has 7 heteroatoms. The number of sulfone groups is 1. The molecule has 0 aromatic heterocycles. The molecule has 2 rings (SSSR count). The lowest BCUT2D eigenvalue weighted by atomic mass is 10.4. The molecular weight excluding hydrogens is 410 g/mol. The van der Waals surface area contributed by atoms with Gasteiger partial charge in [0.15, 0.2) is 9.84 Å². The first kappa shape index (κ1) is 16.0. The van der Waals surface area contributed by atoms with Gasteiger partial charge in [0.2, 0.25) is 5.91 Å². The van der Waals surface area contributed by atoms with Gasteiger partial charge in [-0.25, -0.2) is 8.42 Å². The number of benzene rings is 1. The fourth-order valence-electron chi connectivity index (χ4n) is 1.75. The van der Waals surface area contributed by atoms with Crippen molar-refractivity contribution in [1.29, 1.82) is 0 Å². The highest BCUT2D eigenvalue weighted by Gasteiger charge is 2.32. The Balaban J connectivity index is 2.17. The van der Waals surface area contributed by atoms with Crippen LogP contribution in [0.1, 0.15) is 19.8 Å². The lowest BCUT2D eigenvalue weighted by Crippen LogP contribution is -2.38. The van der Waals surface area contributed by atoms with Gasteiger partial charge in [-0.15, -0.1) is 0 Å². The van der Waals surface area contributed by atoms with Crippen LogP contribution in [-0.4, -0.2) is 26.1 Å². The van der Waals surface area contributed by atoms with Crippen LogP contribution in [0.5, 0.6) is 0 Å². The first-order valence-electron chi connectivity index (χ1n) is 6.29. The quantitative estimate of drug-likeness (QED) is 0.790. The molecule has 0 heterocycles. The van der Waals surface area contributed by atoms with E-state index >= 15 is 0 Å². The standard InChI is InChI=1S/C13H15Br2NO3S/c1-8(13(17)16-7-9-2-3-9)20(18,19)12-5-4-10(14)6-11(12)15/h4-6,8-9H,2-3,7H2,1H3,(H,16,17). The third kappa shape index (κ3) is 3.62. The molecule has 0 aliphatic heterocycles. The van der Waals surface area contributed by atoms with Crippen molar-refractivity contribution in [2.24, 2.45) is 5.92 Å². The molecule has 1 aliphatic rings.